The van der Waals surface area contributed by atoms with E-state index in [1.54, 1.807) is 18.5 Å². The number of hydrogen-bond acceptors (Lipinski definition) is 3. The van der Waals surface area contributed by atoms with E-state index in [9.17, 15) is 0 Å². The minimum atomic E-state index is -0.115. The van der Waals surface area contributed by atoms with Crippen LogP contribution in [0.25, 0.3) is 5.69 Å². The van der Waals surface area contributed by atoms with Crippen molar-refractivity contribution in [2.24, 2.45) is 10.7 Å². The first-order valence-electron chi connectivity index (χ1n) is 8.00. The number of para-hydroxylation sites is 1. The van der Waals surface area contributed by atoms with Crippen LogP contribution in [0.15, 0.2) is 59.9 Å². The maximum Gasteiger partial charge on any atom is 0.189 e. The van der Waals surface area contributed by atoms with Crippen LogP contribution in [0.4, 0.5) is 0 Å². The van der Waals surface area contributed by atoms with Crippen molar-refractivity contribution in [3.8, 4) is 5.69 Å². The van der Waals surface area contributed by atoms with Gasteiger partial charge in [0, 0.05) is 15.7 Å². The van der Waals surface area contributed by atoms with Crippen molar-refractivity contribution in [2.45, 2.75) is 19.5 Å². The fourth-order valence-electron chi connectivity index (χ4n) is 2.52. The van der Waals surface area contributed by atoms with E-state index in [2.05, 4.69) is 20.5 Å². The molecular formula is C18H19Cl2IN6. The van der Waals surface area contributed by atoms with Crippen LogP contribution in [0.5, 0.6) is 0 Å². The lowest BCUT2D eigenvalue weighted by Crippen LogP contribution is -2.34. The lowest BCUT2D eigenvalue weighted by atomic mass is 10.1. The molecule has 1 unspecified atom stereocenters. The topological polar surface area (TPSA) is 81.1 Å². The molecule has 3 rings (SSSR count). The molecule has 0 aliphatic heterocycles. The molecule has 3 N–H and O–H groups in total. The fraction of sp³-hybridized carbons (Fsp3) is 0.167. The van der Waals surface area contributed by atoms with Crippen molar-refractivity contribution >= 4 is 53.1 Å². The largest absolute Gasteiger partial charge is 0.370 e. The van der Waals surface area contributed by atoms with E-state index in [0.29, 0.717) is 28.4 Å². The average molecular weight is 517 g/mol. The van der Waals surface area contributed by atoms with Crippen molar-refractivity contribution in [3.63, 3.8) is 0 Å². The van der Waals surface area contributed by atoms with E-state index in [4.69, 9.17) is 28.9 Å². The van der Waals surface area contributed by atoms with E-state index in [0.717, 1.165) is 11.3 Å². The highest BCUT2D eigenvalue weighted by molar-refractivity contribution is 14.0. The number of guanidine groups is 1. The van der Waals surface area contributed by atoms with Gasteiger partial charge in [0.25, 0.3) is 0 Å². The van der Waals surface area contributed by atoms with Crippen molar-refractivity contribution < 1.29 is 0 Å². The number of hydrogen-bond donors (Lipinski definition) is 2. The van der Waals surface area contributed by atoms with Gasteiger partial charge in [0.15, 0.2) is 11.8 Å². The fourth-order valence-corrected chi connectivity index (χ4v) is 3.10. The van der Waals surface area contributed by atoms with Gasteiger partial charge in [-0.3, -0.25) is 4.57 Å². The average Bonchev–Trinajstić information content (AvgIpc) is 3.09. The Bertz CT molecular complexity index is 913. The highest BCUT2D eigenvalue weighted by Gasteiger charge is 2.11. The summed E-state index contributed by atoms with van der Waals surface area (Å²) in [6.07, 6.45) is 1.65. The standard InChI is InChI=1S/C18H18Cl2N6.HI/c1-12(15-8-7-13(19)9-16(15)20)24-18(21)22-10-17-25-23-11-26(17)14-5-3-2-4-6-14;/h2-9,11-12H,10H2,1H3,(H3,21,22,24);1H. The summed E-state index contributed by atoms with van der Waals surface area (Å²) in [5, 5.41) is 12.4. The summed E-state index contributed by atoms with van der Waals surface area (Å²) in [5.41, 5.74) is 7.87. The first-order chi connectivity index (χ1) is 12.5. The highest BCUT2D eigenvalue weighted by atomic mass is 127. The van der Waals surface area contributed by atoms with Gasteiger partial charge in [0.05, 0.1) is 6.04 Å². The molecule has 0 amide bonds. The third-order valence-corrected chi connectivity index (χ3v) is 4.40. The molecule has 1 atom stereocenters. The molecule has 0 radical (unpaired) electrons. The lowest BCUT2D eigenvalue weighted by Gasteiger charge is -2.16. The molecule has 6 nitrogen and oxygen atoms in total. The number of rotatable bonds is 5. The van der Waals surface area contributed by atoms with Gasteiger partial charge in [-0.2, -0.15) is 0 Å². The minimum absolute atomic E-state index is 0. The molecular weight excluding hydrogens is 498 g/mol. The predicted molar refractivity (Wildman–Crippen MR) is 120 cm³/mol. The second-order valence-electron chi connectivity index (χ2n) is 5.69. The maximum atomic E-state index is 6.23. The van der Waals surface area contributed by atoms with Gasteiger partial charge in [-0.1, -0.05) is 47.5 Å². The Kier molecular flexibility index (Phi) is 7.88. The number of halogens is 3. The first kappa shape index (κ1) is 21.5. The van der Waals surface area contributed by atoms with Crippen LogP contribution >= 0.6 is 47.2 Å². The second kappa shape index (κ2) is 9.91. The van der Waals surface area contributed by atoms with Crippen LogP contribution in [0, 0.1) is 0 Å². The number of aromatic nitrogens is 3. The lowest BCUT2D eigenvalue weighted by molar-refractivity contribution is 0.705. The molecule has 0 spiro atoms. The van der Waals surface area contributed by atoms with Crippen molar-refractivity contribution in [3.05, 3.63) is 76.3 Å². The number of nitrogens with zero attached hydrogens (tertiary/aromatic N) is 4. The van der Waals surface area contributed by atoms with Crippen LogP contribution < -0.4 is 11.1 Å². The molecule has 0 fully saturated rings. The van der Waals surface area contributed by atoms with Crippen LogP contribution in [-0.4, -0.2) is 20.7 Å². The summed E-state index contributed by atoms with van der Waals surface area (Å²) < 4.78 is 1.87. The van der Waals surface area contributed by atoms with Crippen molar-refractivity contribution in [2.75, 3.05) is 0 Å². The normalized spacial score (nSPS) is 12.3. The summed E-state index contributed by atoms with van der Waals surface area (Å²) >= 11 is 12.2. The van der Waals surface area contributed by atoms with E-state index in [1.807, 2.05) is 47.9 Å². The first-order valence-corrected chi connectivity index (χ1v) is 8.76. The van der Waals surface area contributed by atoms with Gasteiger partial charge in [0.1, 0.15) is 12.9 Å². The Morgan fingerprint density at radius 3 is 2.67 bits per heavy atom. The van der Waals surface area contributed by atoms with Gasteiger partial charge < -0.3 is 11.1 Å². The van der Waals surface area contributed by atoms with E-state index in [1.165, 1.54) is 0 Å². The predicted octanol–water partition coefficient (Wildman–Crippen LogP) is 4.36. The minimum Gasteiger partial charge on any atom is -0.370 e. The van der Waals surface area contributed by atoms with Gasteiger partial charge in [0.2, 0.25) is 0 Å². The molecule has 0 aliphatic rings. The van der Waals surface area contributed by atoms with Gasteiger partial charge in [-0.25, -0.2) is 4.99 Å². The third-order valence-electron chi connectivity index (χ3n) is 3.84. The Morgan fingerprint density at radius 1 is 1.22 bits per heavy atom. The summed E-state index contributed by atoms with van der Waals surface area (Å²) in [6, 6.07) is 15.1. The Morgan fingerprint density at radius 2 is 1.96 bits per heavy atom. The molecule has 0 saturated heterocycles. The Labute approximate surface area is 184 Å². The molecule has 0 saturated carbocycles. The summed E-state index contributed by atoms with van der Waals surface area (Å²) in [5.74, 6) is 0.990. The summed E-state index contributed by atoms with van der Waals surface area (Å²) in [4.78, 5) is 4.36. The molecule has 0 aliphatic carbocycles. The molecule has 3 aromatic rings. The molecule has 1 heterocycles. The van der Waals surface area contributed by atoms with Gasteiger partial charge in [-0.05, 0) is 36.8 Å². The second-order valence-corrected chi connectivity index (χ2v) is 6.53. The zero-order valence-corrected chi connectivity index (χ0v) is 18.4. The highest BCUT2D eigenvalue weighted by Crippen LogP contribution is 2.25. The van der Waals surface area contributed by atoms with E-state index in [-0.39, 0.29) is 30.0 Å². The van der Waals surface area contributed by atoms with Crippen LogP contribution in [-0.2, 0) is 6.54 Å². The number of benzene rings is 2. The monoisotopic (exact) mass is 516 g/mol. The molecule has 2 aromatic carbocycles. The third kappa shape index (κ3) is 5.57. The van der Waals surface area contributed by atoms with E-state index >= 15 is 0 Å². The number of nitrogens with two attached hydrogens (primary N) is 1. The van der Waals surface area contributed by atoms with Crippen LogP contribution in [0.1, 0.15) is 24.4 Å². The van der Waals surface area contributed by atoms with Crippen molar-refractivity contribution in [1.82, 2.24) is 20.1 Å². The van der Waals surface area contributed by atoms with Gasteiger partial charge in [-0.15, -0.1) is 34.2 Å². The molecule has 9 heteroatoms. The molecule has 0 bridgehead atoms. The number of nitrogens with one attached hydrogen (secondary N) is 1. The Hall–Kier alpha value is -1.84. The van der Waals surface area contributed by atoms with Crippen LogP contribution in [0.2, 0.25) is 10.0 Å². The number of aliphatic imine (C=N–C) groups is 1. The van der Waals surface area contributed by atoms with Crippen molar-refractivity contribution in [1.29, 1.82) is 0 Å². The summed E-state index contributed by atoms with van der Waals surface area (Å²) in [7, 11) is 0. The molecule has 1 aromatic heterocycles. The van der Waals surface area contributed by atoms with E-state index < -0.39 is 0 Å². The smallest absolute Gasteiger partial charge is 0.189 e. The zero-order chi connectivity index (χ0) is 18.5. The quantitative estimate of drug-likeness (QED) is 0.300. The summed E-state index contributed by atoms with van der Waals surface area (Å²) in [6.45, 7) is 2.25. The maximum absolute atomic E-state index is 6.23. The van der Waals surface area contributed by atoms with Gasteiger partial charge >= 0.3 is 0 Å². The SMILES string of the molecule is CC(NC(N)=NCc1nncn1-c1ccccc1)c1ccc(Cl)cc1Cl.I. The van der Waals surface area contributed by atoms with Crippen LogP contribution in [0.3, 0.4) is 0 Å². The zero-order valence-electron chi connectivity index (χ0n) is 14.5. The Balaban J connectivity index is 0.00000261. The molecule has 142 valence electrons. The molecule has 27 heavy (non-hydrogen) atoms.